The van der Waals surface area contributed by atoms with E-state index in [0.717, 1.165) is 0 Å². The van der Waals surface area contributed by atoms with Gasteiger partial charge in [-0.15, -0.1) is 0 Å². The van der Waals surface area contributed by atoms with Gasteiger partial charge in [0.25, 0.3) is 0 Å². The normalized spacial score (nSPS) is 14.9. The van der Waals surface area contributed by atoms with Crippen molar-refractivity contribution in [2.45, 2.75) is 6.42 Å². The smallest absolute Gasteiger partial charge is 0.231 e. The second-order valence-electron chi connectivity index (χ2n) is 3.13. The van der Waals surface area contributed by atoms with E-state index >= 15 is 0 Å². The van der Waals surface area contributed by atoms with Gasteiger partial charge < -0.3 is 10.6 Å². The summed E-state index contributed by atoms with van der Waals surface area (Å²) in [6.45, 7) is 0. The topological polar surface area (TPSA) is 46.3 Å². The van der Waals surface area contributed by atoms with E-state index in [1.54, 1.807) is 7.05 Å². The molecule has 0 aliphatic carbocycles. The van der Waals surface area contributed by atoms with Crippen molar-refractivity contribution < 1.29 is 9.18 Å². The van der Waals surface area contributed by atoms with E-state index in [1.807, 2.05) is 0 Å². The highest BCUT2D eigenvalue weighted by molar-refractivity contribution is 6.01. The lowest BCUT2D eigenvalue weighted by Crippen LogP contribution is -2.20. The van der Waals surface area contributed by atoms with Gasteiger partial charge in [-0.25, -0.2) is 4.39 Å². The molecule has 0 aromatic heterocycles. The fourth-order valence-corrected chi connectivity index (χ4v) is 1.49. The van der Waals surface area contributed by atoms with Crippen LogP contribution in [0.5, 0.6) is 0 Å². The van der Waals surface area contributed by atoms with Crippen LogP contribution < -0.4 is 10.6 Å². The predicted octanol–water partition coefficient (Wildman–Crippen LogP) is 0.927. The second kappa shape index (κ2) is 2.45. The van der Waals surface area contributed by atoms with Crippen molar-refractivity contribution in [2.24, 2.45) is 0 Å². The van der Waals surface area contributed by atoms with E-state index in [9.17, 15) is 9.18 Å². The molecule has 0 bridgehead atoms. The van der Waals surface area contributed by atoms with Gasteiger partial charge in [0.15, 0.2) is 0 Å². The van der Waals surface area contributed by atoms with Crippen LogP contribution in [-0.2, 0) is 11.2 Å². The lowest BCUT2D eigenvalue weighted by Gasteiger charge is -2.10. The number of hydrogen-bond acceptors (Lipinski definition) is 2. The molecular formula is C9H9FN2O. The predicted molar refractivity (Wildman–Crippen MR) is 47.9 cm³/mol. The highest BCUT2D eigenvalue weighted by Crippen LogP contribution is 2.30. The summed E-state index contributed by atoms with van der Waals surface area (Å²) in [6.07, 6.45) is 0.267. The first-order valence-electron chi connectivity index (χ1n) is 3.94. The molecule has 1 heterocycles. The minimum Gasteiger partial charge on any atom is -0.396 e. The second-order valence-corrected chi connectivity index (χ2v) is 3.13. The minimum atomic E-state index is -0.457. The summed E-state index contributed by atoms with van der Waals surface area (Å²) in [6, 6.07) is 2.82. The number of anilines is 2. The summed E-state index contributed by atoms with van der Waals surface area (Å²) in [7, 11) is 1.66. The Hall–Kier alpha value is -1.58. The number of nitrogens with zero attached hydrogens (tertiary/aromatic N) is 1. The third kappa shape index (κ3) is 1.06. The lowest BCUT2D eigenvalue weighted by molar-refractivity contribution is -0.117. The molecule has 0 unspecified atom stereocenters. The number of fused-ring (bicyclic) bond motifs is 1. The van der Waals surface area contributed by atoms with Crippen LogP contribution in [0.25, 0.3) is 0 Å². The number of carbonyl (C=O) groups is 1. The first kappa shape index (κ1) is 8.04. The first-order chi connectivity index (χ1) is 6.09. The van der Waals surface area contributed by atoms with Crippen LogP contribution in [0.1, 0.15) is 5.56 Å². The minimum absolute atomic E-state index is 0.0278. The largest absolute Gasteiger partial charge is 0.396 e. The van der Waals surface area contributed by atoms with Gasteiger partial charge in [0.1, 0.15) is 5.82 Å². The Balaban J connectivity index is 2.59. The summed E-state index contributed by atoms with van der Waals surface area (Å²) >= 11 is 0. The van der Waals surface area contributed by atoms with Crippen molar-refractivity contribution >= 4 is 17.3 Å². The van der Waals surface area contributed by atoms with Crippen LogP contribution in [0.15, 0.2) is 12.1 Å². The van der Waals surface area contributed by atoms with Crippen LogP contribution in [-0.4, -0.2) is 13.0 Å². The molecule has 4 heteroatoms. The molecule has 0 saturated carbocycles. The zero-order valence-electron chi connectivity index (χ0n) is 7.17. The van der Waals surface area contributed by atoms with E-state index in [0.29, 0.717) is 11.3 Å². The number of nitrogen functional groups attached to an aromatic ring is 1. The number of halogens is 1. The van der Waals surface area contributed by atoms with Gasteiger partial charge in [0.05, 0.1) is 12.1 Å². The average molecular weight is 180 g/mol. The molecule has 1 amide bonds. The molecule has 13 heavy (non-hydrogen) atoms. The standard InChI is InChI=1S/C9H9FN2O/c1-12-8-4-7(11)6(10)2-5(8)3-9(12)13/h2,4H,3,11H2,1H3. The number of amides is 1. The Morgan fingerprint density at radius 3 is 2.92 bits per heavy atom. The molecule has 1 aliphatic heterocycles. The zero-order valence-corrected chi connectivity index (χ0v) is 7.17. The number of carbonyl (C=O) groups excluding carboxylic acids is 1. The maximum absolute atomic E-state index is 13.0. The molecule has 2 rings (SSSR count). The van der Waals surface area contributed by atoms with Crippen molar-refractivity contribution in [2.75, 3.05) is 17.7 Å². The van der Waals surface area contributed by atoms with Gasteiger partial charge in [-0.1, -0.05) is 0 Å². The summed E-state index contributed by atoms with van der Waals surface area (Å²) in [4.78, 5) is 12.7. The van der Waals surface area contributed by atoms with Gasteiger partial charge in [-0.05, 0) is 17.7 Å². The van der Waals surface area contributed by atoms with Crippen LogP contribution in [0.3, 0.4) is 0 Å². The Morgan fingerprint density at radius 1 is 1.54 bits per heavy atom. The Kier molecular flexibility index (Phi) is 1.52. The molecule has 0 fully saturated rings. The van der Waals surface area contributed by atoms with Gasteiger partial charge in [-0.3, -0.25) is 4.79 Å². The molecule has 0 radical (unpaired) electrons. The number of rotatable bonds is 0. The maximum atomic E-state index is 13.0. The van der Waals surface area contributed by atoms with Gasteiger partial charge in [0.2, 0.25) is 5.91 Å². The molecule has 3 nitrogen and oxygen atoms in total. The molecule has 0 saturated heterocycles. The molecule has 0 atom stereocenters. The van der Waals surface area contributed by atoms with Gasteiger partial charge in [-0.2, -0.15) is 0 Å². The fraction of sp³-hybridized carbons (Fsp3) is 0.222. The van der Waals surface area contributed by atoms with E-state index < -0.39 is 5.82 Å². The Morgan fingerprint density at radius 2 is 2.23 bits per heavy atom. The monoisotopic (exact) mass is 180 g/mol. The van der Waals surface area contributed by atoms with Crippen LogP contribution in [0.4, 0.5) is 15.8 Å². The molecule has 1 aliphatic rings. The van der Waals surface area contributed by atoms with Crippen LogP contribution in [0, 0.1) is 5.82 Å². The number of nitrogens with two attached hydrogens (primary N) is 1. The number of hydrogen-bond donors (Lipinski definition) is 1. The van der Waals surface area contributed by atoms with Crippen LogP contribution in [0.2, 0.25) is 0 Å². The highest BCUT2D eigenvalue weighted by atomic mass is 19.1. The highest BCUT2D eigenvalue weighted by Gasteiger charge is 2.24. The fourth-order valence-electron chi connectivity index (χ4n) is 1.49. The number of benzene rings is 1. The van der Waals surface area contributed by atoms with E-state index in [-0.39, 0.29) is 18.0 Å². The van der Waals surface area contributed by atoms with Gasteiger partial charge in [0, 0.05) is 12.7 Å². The zero-order chi connectivity index (χ0) is 9.59. The first-order valence-corrected chi connectivity index (χ1v) is 3.94. The van der Waals surface area contributed by atoms with Crippen molar-refractivity contribution in [3.05, 3.63) is 23.5 Å². The summed E-state index contributed by atoms with van der Waals surface area (Å²) in [5, 5.41) is 0. The third-order valence-corrected chi connectivity index (χ3v) is 2.28. The molecule has 2 N–H and O–H groups in total. The van der Waals surface area contributed by atoms with Gasteiger partial charge >= 0.3 is 0 Å². The third-order valence-electron chi connectivity index (χ3n) is 2.28. The van der Waals surface area contributed by atoms with Crippen molar-refractivity contribution in [3.63, 3.8) is 0 Å². The molecule has 68 valence electrons. The molecular weight excluding hydrogens is 171 g/mol. The van der Waals surface area contributed by atoms with Crippen molar-refractivity contribution in [1.82, 2.24) is 0 Å². The Bertz CT molecular complexity index is 389. The van der Waals surface area contributed by atoms with Crippen molar-refractivity contribution in [3.8, 4) is 0 Å². The lowest BCUT2D eigenvalue weighted by atomic mass is 10.1. The number of likely N-dealkylation sites (N-methyl/N-ethyl adjacent to an activating group) is 1. The molecule has 1 aromatic carbocycles. The molecule has 1 aromatic rings. The molecule has 0 spiro atoms. The van der Waals surface area contributed by atoms with E-state index in [4.69, 9.17) is 5.73 Å². The van der Waals surface area contributed by atoms with Crippen LogP contribution >= 0.6 is 0 Å². The average Bonchev–Trinajstić information content (AvgIpc) is 2.32. The van der Waals surface area contributed by atoms with E-state index in [1.165, 1.54) is 17.0 Å². The summed E-state index contributed by atoms with van der Waals surface area (Å²) < 4.78 is 13.0. The maximum Gasteiger partial charge on any atom is 0.231 e. The summed E-state index contributed by atoms with van der Waals surface area (Å²) in [5.74, 6) is -0.484. The SMILES string of the molecule is CN1C(=O)Cc2cc(F)c(N)cc21. The summed E-state index contributed by atoms with van der Waals surface area (Å²) in [5.41, 5.74) is 6.89. The quantitative estimate of drug-likeness (QED) is 0.603. The van der Waals surface area contributed by atoms with Crippen molar-refractivity contribution in [1.29, 1.82) is 0 Å². The Labute approximate surface area is 74.9 Å². The van der Waals surface area contributed by atoms with E-state index in [2.05, 4.69) is 0 Å².